The number of nitrogens with zero attached hydrogens (tertiary/aromatic N) is 3. The smallest absolute Gasteiger partial charge is 0.282 e. The Morgan fingerprint density at radius 1 is 1.20 bits per heavy atom. The molecule has 1 amide bonds. The minimum absolute atomic E-state index is 0.152. The summed E-state index contributed by atoms with van der Waals surface area (Å²) in [4.78, 5) is 15.4. The zero-order chi connectivity index (χ0) is 18.6. The van der Waals surface area contributed by atoms with E-state index in [0.29, 0.717) is 49.9 Å². The molecule has 1 aromatic rings. The Bertz CT molecular complexity index is 715. The van der Waals surface area contributed by atoms with Crippen LogP contribution in [0.4, 0.5) is 0 Å². The second-order valence-corrected chi connectivity index (χ2v) is 8.84. The van der Waals surface area contributed by atoms with Crippen molar-refractivity contribution in [2.45, 2.75) is 18.7 Å². The number of amides is 1. The van der Waals surface area contributed by atoms with Gasteiger partial charge in [-0.1, -0.05) is 25.4 Å². The molecule has 0 aliphatic carbocycles. The first-order chi connectivity index (χ1) is 11.8. The highest BCUT2D eigenvalue weighted by atomic mass is 35.5. The van der Waals surface area contributed by atoms with E-state index in [1.165, 1.54) is 8.61 Å². The molecule has 1 fully saturated rings. The topological polar surface area (TPSA) is 60.9 Å². The van der Waals surface area contributed by atoms with Crippen molar-refractivity contribution in [3.63, 3.8) is 0 Å². The molecule has 25 heavy (non-hydrogen) atoms. The first-order valence-corrected chi connectivity index (χ1v) is 11.2. The molecular formula is C16H24ClN3O3S2. The first-order valence-electron chi connectivity index (χ1n) is 8.23. The molecule has 1 heterocycles. The predicted molar refractivity (Wildman–Crippen MR) is 103 cm³/mol. The standard InChI is InChI=1S/C16H24ClN3O3S2/c1-4-19(5-2)25(22,23)20-10-8-18(9-11-20)16(21)14-12-13(24-3)6-7-15(14)17/h6-7,12H,4-5,8-11H2,1-3H3. The molecule has 1 aliphatic rings. The van der Waals surface area contributed by atoms with Crippen molar-refractivity contribution in [1.82, 2.24) is 13.5 Å². The summed E-state index contributed by atoms with van der Waals surface area (Å²) in [6.45, 7) is 5.83. The van der Waals surface area contributed by atoms with Gasteiger partial charge in [0.05, 0.1) is 10.6 Å². The molecule has 0 unspecified atom stereocenters. The highest BCUT2D eigenvalue weighted by Gasteiger charge is 2.32. The van der Waals surface area contributed by atoms with Crippen LogP contribution in [0.15, 0.2) is 23.1 Å². The van der Waals surface area contributed by atoms with Crippen molar-refractivity contribution in [2.75, 3.05) is 45.5 Å². The van der Waals surface area contributed by atoms with Crippen LogP contribution in [0.1, 0.15) is 24.2 Å². The van der Waals surface area contributed by atoms with Gasteiger partial charge in [0.2, 0.25) is 0 Å². The Labute approximate surface area is 159 Å². The van der Waals surface area contributed by atoms with Gasteiger partial charge in [0, 0.05) is 44.2 Å². The molecule has 2 rings (SSSR count). The van der Waals surface area contributed by atoms with E-state index in [4.69, 9.17) is 11.6 Å². The zero-order valence-electron chi connectivity index (χ0n) is 14.7. The van der Waals surface area contributed by atoms with Crippen molar-refractivity contribution in [3.8, 4) is 0 Å². The molecule has 140 valence electrons. The SMILES string of the molecule is CCN(CC)S(=O)(=O)N1CCN(C(=O)c2cc(SC)ccc2Cl)CC1. The zero-order valence-corrected chi connectivity index (χ0v) is 17.1. The van der Waals surface area contributed by atoms with Gasteiger partial charge in [0.25, 0.3) is 16.1 Å². The average Bonchev–Trinajstić information content (AvgIpc) is 2.62. The van der Waals surface area contributed by atoms with Gasteiger partial charge in [0.1, 0.15) is 0 Å². The van der Waals surface area contributed by atoms with Crippen LogP contribution in [0.25, 0.3) is 0 Å². The minimum atomic E-state index is -3.46. The van der Waals surface area contributed by atoms with Crippen LogP contribution in [-0.2, 0) is 10.2 Å². The summed E-state index contributed by atoms with van der Waals surface area (Å²) in [5, 5.41) is 0.418. The lowest BCUT2D eigenvalue weighted by Gasteiger charge is -2.36. The molecule has 9 heteroatoms. The second kappa shape index (κ2) is 8.73. The van der Waals surface area contributed by atoms with Gasteiger partial charge in [-0.15, -0.1) is 11.8 Å². The van der Waals surface area contributed by atoms with E-state index < -0.39 is 10.2 Å². The van der Waals surface area contributed by atoms with Gasteiger partial charge in [-0.25, -0.2) is 0 Å². The third kappa shape index (κ3) is 4.49. The van der Waals surface area contributed by atoms with E-state index >= 15 is 0 Å². The van der Waals surface area contributed by atoms with E-state index in [1.807, 2.05) is 26.2 Å². The molecule has 0 saturated carbocycles. The van der Waals surface area contributed by atoms with Gasteiger partial charge < -0.3 is 4.90 Å². The lowest BCUT2D eigenvalue weighted by molar-refractivity contribution is 0.0694. The first kappa shape index (κ1) is 20.5. The van der Waals surface area contributed by atoms with Crippen LogP contribution >= 0.6 is 23.4 Å². The Kier molecular flexibility index (Phi) is 7.16. The number of carbonyl (C=O) groups excluding carboxylic acids is 1. The minimum Gasteiger partial charge on any atom is -0.336 e. The molecule has 0 radical (unpaired) electrons. The third-order valence-corrected chi connectivity index (χ3v) is 7.53. The molecule has 0 aromatic heterocycles. The van der Waals surface area contributed by atoms with E-state index in [1.54, 1.807) is 28.8 Å². The largest absolute Gasteiger partial charge is 0.336 e. The summed E-state index contributed by atoms with van der Waals surface area (Å²) in [6, 6.07) is 5.38. The summed E-state index contributed by atoms with van der Waals surface area (Å²) in [6.07, 6.45) is 1.94. The summed E-state index contributed by atoms with van der Waals surface area (Å²) >= 11 is 7.72. The van der Waals surface area contributed by atoms with Crippen molar-refractivity contribution in [3.05, 3.63) is 28.8 Å². The van der Waals surface area contributed by atoms with Crippen LogP contribution < -0.4 is 0 Å². The Hall–Kier alpha value is -0.800. The van der Waals surface area contributed by atoms with E-state index in [0.717, 1.165) is 4.90 Å². The number of hydrogen-bond donors (Lipinski definition) is 0. The summed E-state index contributed by atoms with van der Waals surface area (Å²) < 4.78 is 28.0. The Morgan fingerprint density at radius 2 is 1.80 bits per heavy atom. The van der Waals surface area contributed by atoms with Gasteiger partial charge in [0.15, 0.2) is 0 Å². The summed E-state index contributed by atoms with van der Waals surface area (Å²) in [7, 11) is -3.46. The number of halogens is 1. The van der Waals surface area contributed by atoms with Crippen LogP contribution in [0.5, 0.6) is 0 Å². The molecule has 1 saturated heterocycles. The molecule has 0 N–H and O–H groups in total. The molecule has 0 spiro atoms. The quantitative estimate of drug-likeness (QED) is 0.682. The summed E-state index contributed by atoms with van der Waals surface area (Å²) in [5.74, 6) is -0.152. The maximum Gasteiger partial charge on any atom is 0.282 e. The number of thioether (sulfide) groups is 1. The van der Waals surface area contributed by atoms with Gasteiger partial charge in [-0.3, -0.25) is 4.79 Å². The molecule has 0 atom stereocenters. The van der Waals surface area contributed by atoms with Crippen molar-refractivity contribution < 1.29 is 13.2 Å². The highest BCUT2D eigenvalue weighted by Crippen LogP contribution is 2.25. The lowest BCUT2D eigenvalue weighted by atomic mass is 10.2. The van der Waals surface area contributed by atoms with E-state index in [-0.39, 0.29) is 5.91 Å². The van der Waals surface area contributed by atoms with Crippen molar-refractivity contribution >= 4 is 39.5 Å². The maximum atomic E-state index is 12.7. The molecular weight excluding hydrogens is 382 g/mol. The lowest BCUT2D eigenvalue weighted by Crippen LogP contribution is -2.54. The number of piperazine rings is 1. The second-order valence-electron chi connectivity index (χ2n) is 5.63. The number of hydrogen-bond acceptors (Lipinski definition) is 4. The fourth-order valence-corrected chi connectivity index (χ4v) is 5.04. The number of carbonyl (C=O) groups is 1. The fourth-order valence-electron chi connectivity index (χ4n) is 2.80. The van der Waals surface area contributed by atoms with Crippen LogP contribution in [-0.4, -0.2) is 73.4 Å². The normalized spacial score (nSPS) is 16.4. The monoisotopic (exact) mass is 405 g/mol. The van der Waals surface area contributed by atoms with Crippen molar-refractivity contribution in [2.24, 2.45) is 0 Å². The van der Waals surface area contributed by atoms with Crippen LogP contribution in [0, 0.1) is 0 Å². The van der Waals surface area contributed by atoms with E-state index in [2.05, 4.69) is 0 Å². The maximum absolute atomic E-state index is 12.7. The van der Waals surface area contributed by atoms with Crippen LogP contribution in [0.2, 0.25) is 5.02 Å². The number of benzene rings is 1. The average molecular weight is 406 g/mol. The third-order valence-electron chi connectivity index (χ3n) is 4.29. The molecule has 6 nitrogen and oxygen atoms in total. The van der Waals surface area contributed by atoms with Crippen molar-refractivity contribution in [1.29, 1.82) is 0 Å². The number of rotatable bonds is 6. The highest BCUT2D eigenvalue weighted by molar-refractivity contribution is 7.98. The molecule has 1 aromatic carbocycles. The Balaban J connectivity index is 2.08. The molecule has 0 bridgehead atoms. The van der Waals surface area contributed by atoms with E-state index in [9.17, 15) is 13.2 Å². The summed E-state index contributed by atoms with van der Waals surface area (Å²) in [5.41, 5.74) is 0.466. The van der Waals surface area contributed by atoms with Gasteiger partial charge >= 0.3 is 0 Å². The van der Waals surface area contributed by atoms with Crippen LogP contribution in [0.3, 0.4) is 0 Å². The predicted octanol–water partition coefficient (Wildman–Crippen LogP) is 2.41. The Morgan fingerprint density at radius 3 is 2.32 bits per heavy atom. The van der Waals surface area contributed by atoms with Gasteiger partial charge in [-0.05, 0) is 24.5 Å². The molecule has 1 aliphatic heterocycles. The van der Waals surface area contributed by atoms with Gasteiger partial charge in [-0.2, -0.15) is 17.0 Å². The fraction of sp³-hybridized carbons (Fsp3) is 0.562.